The first kappa shape index (κ1) is 23.1. The molecule has 208 valence electrons. The smallest absolute Gasteiger partial charge is 0.387 e. The van der Waals surface area contributed by atoms with Crippen molar-refractivity contribution in [3.05, 3.63) is 82.7 Å². The van der Waals surface area contributed by atoms with E-state index in [1.54, 1.807) is 22.8 Å². The van der Waals surface area contributed by atoms with Crippen molar-refractivity contribution in [2.45, 2.75) is 37.7 Å². The van der Waals surface area contributed by atoms with Gasteiger partial charge in [0.25, 0.3) is 5.91 Å². The van der Waals surface area contributed by atoms with E-state index in [0.717, 1.165) is 17.0 Å². The van der Waals surface area contributed by atoms with Gasteiger partial charge in [-0.05, 0) is 60.9 Å². The zero-order chi connectivity index (χ0) is 31.2. The molecule has 0 spiro atoms. The zero-order valence-corrected chi connectivity index (χ0v) is 22.6. The number of nitrogens with zero attached hydrogens (tertiary/aromatic N) is 3. The van der Waals surface area contributed by atoms with Crippen LogP contribution in [0.1, 0.15) is 62.5 Å². The van der Waals surface area contributed by atoms with Gasteiger partial charge in [-0.3, -0.25) is 4.79 Å². The third-order valence-corrected chi connectivity index (χ3v) is 10.0. The number of imidazole rings is 1. The molecular weight excluding hydrogens is 545 g/mol. The molecule has 11 heteroatoms. The minimum absolute atomic E-state index is 0.0349. The molecule has 6 nitrogen and oxygen atoms in total. The van der Waals surface area contributed by atoms with Crippen molar-refractivity contribution >= 4 is 24.1 Å². The summed E-state index contributed by atoms with van der Waals surface area (Å²) in [5.74, 6) is -2.56. The van der Waals surface area contributed by atoms with E-state index < -0.39 is 56.0 Å². The Balaban J connectivity index is 1.56. The van der Waals surface area contributed by atoms with Crippen molar-refractivity contribution in [1.29, 1.82) is 0 Å². The van der Waals surface area contributed by atoms with Crippen molar-refractivity contribution in [3.63, 3.8) is 0 Å². The molecule has 1 aromatic heterocycles. The van der Waals surface area contributed by atoms with Gasteiger partial charge in [-0.2, -0.15) is 8.78 Å². The lowest BCUT2D eigenvalue weighted by Gasteiger charge is -2.24. The minimum Gasteiger partial charge on any atom is -0.434 e. The Hall–Kier alpha value is -3.65. The molecule has 3 heterocycles. The lowest BCUT2D eigenvalue weighted by molar-refractivity contribution is -0.0507. The van der Waals surface area contributed by atoms with Crippen LogP contribution in [-0.4, -0.2) is 47.3 Å². The molecule has 40 heavy (non-hydrogen) atoms. The van der Waals surface area contributed by atoms with Gasteiger partial charge in [0.15, 0.2) is 0 Å². The van der Waals surface area contributed by atoms with Crippen LogP contribution in [0.3, 0.4) is 0 Å². The monoisotopic (exact) mass is 574 g/mol. The lowest BCUT2D eigenvalue weighted by Crippen LogP contribution is -2.30. The highest BCUT2D eigenvalue weighted by atomic mass is 31.2. The van der Waals surface area contributed by atoms with E-state index in [9.17, 15) is 18.1 Å². The highest BCUT2D eigenvalue weighted by Gasteiger charge is 2.45. The Morgan fingerprint density at radius 3 is 2.45 bits per heavy atom. The van der Waals surface area contributed by atoms with Crippen LogP contribution >= 0.6 is 7.14 Å². The molecule has 0 radical (unpaired) electrons. The molecule has 0 unspecified atom stereocenters. The van der Waals surface area contributed by atoms with E-state index >= 15 is 8.78 Å². The van der Waals surface area contributed by atoms with E-state index in [1.807, 2.05) is 0 Å². The zero-order valence-electron chi connectivity index (χ0n) is 24.7. The summed E-state index contributed by atoms with van der Waals surface area (Å²) in [7, 11) is -2.85. The Morgan fingerprint density at radius 1 is 1.07 bits per heavy atom. The molecule has 0 fully saturated rings. The fourth-order valence-corrected chi connectivity index (χ4v) is 6.62. The molecule has 0 saturated heterocycles. The predicted octanol–water partition coefficient (Wildman–Crippen LogP) is 7.39. The number of alkyl halides is 2. The summed E-state index contributed by atoms with van der Waals surface area (Å²) in [4.78, 5) is 18.9. The van der Waals surface area contributed by atoms with Gasteiger partial charge in [-0.1, -0.05) is 19.1 Å². The van der Waals surface area contributed by atoms with Gasteiger partial charge in [-0.15, -0.1) is 0 Å². The van der Waals surface area contributed by atoms with Gasteiger partial charge >= 0.3 is 6.61 Å². The summed E-state index contributed by atoms with van der Waals surface area (Å²) in [5.41, 5.74) is 0.392. The number of halogens is 4. The van der Waals surface area contributed by atoms with Gasteiger partial charge in [-0.25, -0.2) is 13.8 Å². The number of fused-ring (bicyclic) bond motifs is 9. The van der Waals surface area contributed by atoms with Crippen LogP contribution in [0.15, 0.2) is 48.5 Å². The van der Waals surface area contributed by atoms with Gasteiger partial charge < -0.3 is 18.8 Å². The van der Waals surface area contributed by atoms with Crippen molar-refractivity contribution < 1.29 is 35.8 Å². The number of aromatic nitrogens is 2. The van der Waals surface area contributed by atoms with Crippen molar-refractivity contribution in [2.24, 2.45) is 0 Å². The normalized spacial score (nSPS) is 20.6. The highest BCUT2D eigenvalue weighted by Crippen LogP contribution is 2.54. The van der Waals surface area contributed by atoms with Gasteiger partial charge in [0, 0.05) is 39.9 Å². The standard InChI is InChI=1S/C29H26F4N3O3P/c1-14(40(3,4)38)25-18(30)10-16(11-19(25)31)15-8-9-20-21(12-15)36-22-13-23(27(36)34-20)35(2)28(37)17-6-5-7-24(26(17)22)39-29(32)33/h5-12,14,22-23,29H,13H2,1-4H3/t14-,22+,23+/m0/s1/i2D3. The van der Waals surface area contributed by atoms with Crippen LogP contribution in [0, 0.1) is 11.6 Å². The Morgan fingerprint density at radius 2 is 1.80 bits per heavy atom. The predicted molar refractivity (Wildman–Crippen MR) is 144 cm³/mol. The molecular formula is C29H26F4N3O3P. The number of carbonyl (C=O) groups excluding carboxylic acids is 1. The minimum atomic E-state index is -3.20. The molecule has 4 aromatic rings. The van der Waals surface area contributed by atoms with Gasteiger partial charge in [0.1, 0.15) is 23.2 Å². The molecule has 3 aromatic carbocycles. The number of hydrogen-bond donors (Lipinski definition) is 0. The summed E-state index contributed by atoms with van der Waals surface area (Å²) < 4.78 is 101. The third-order valence-electron chi connectivity index (χ3n) is 7.91. The Labute approximate surface area is 232 Å². The SMILES string of the molecule is [2H]C([2H])([2H])N1C(=O)c2cccc(OC(F)F)c2[C@H]2C[C@@H]1c1nc3ccc(-c4cc(F)c([C@H](C)P(C)(C)=O)c(F)c4)cc3n12. The number of ether oxygens (including phenoxy) is 1. The molecule has 2 aliphatic heterocycles. The van der Waals surface area contributed by atoms with Crippen LogP contribution in [0.25, 0.3) is 22.2 Å². The highest BCUT2D eigenvalue weighted by molar-refractivity contribution is 7.62. The maximum Gasteiger partial charge on any atom is 0.387 e. The van der Waals surface area contributed by atoms with Crippen LogP contribution < -0.4 is 4.74 Å². The molecule has 6 rings (SSSR count). The number of benzene rings is 3. The second-order valence-electron chi connectivity index (χ2n) is 10.5. The fourth-order valence-electron chi connectivity index (χ4n) is 5.75. The molecule has 0 saturated carbocycles. The molecule has 2 aliphatic rings. The van der Waals surface area contributed by atoms with Crippen LogP contribution in [0.2, 0.25) is 0 Å². The van der Waals surface area contributed by atoms with Crippen LogP contribution in [0.5, 0.6) is 5.75 Å². The fraction of sp³-hybridized carbons (Fsp3) is 0.310. The first-order chi connectivity index (χ1) is 20.1. The van der Waals surface area contributed by atoms with E-state index in [1.165, 1.54) is 38.5 Å². The number of hydrogen-bond acceptors (Lipinski definition) is 4. The number of amides is 1. The van der Waals surface area contributed by atoms with E-state index in [2.05, 4.69) is 4.98 Å². The average molecular weight is 575 g/mol. The summed E-state index contributed by atoms with van der Waals surface area (Å²) in [5, 5.41) is 0. The number of rotatable bonds is 5. The summed E-state index contributed by atoms with van der Waals surface area (Å²) >= 11 is 0. The second kappa shape index (κ2) is 9.20. The maximum atomic E-state index is 15.2. The van der Waals surface area contributed by atoms with Crippen LogP contribution in [-0.2, 0) is 4.57 Å². The second-order valence-corrected chi connectivity index (χ2v) is 14.2. The molecule has 0 N–H and O–H groups in total. The largest absolute Gasteiger partial charge is 0.434 e. The molecule has 0 aliphatic carbocycles. The van der Waals surface area contributed by atoms with Gasteiger partial charge in [0.2, 0.25) is 0 Å². The summed E-state index contributed by atoms with van der Waals surface area (Å²) in [6, 6.07) is 9.35. The van der Waals surface area contributed by atoms with Crippen molar-refractivity contribution in [3.8, 4) is 16.9 Å². The van der Waals surface area contributed by atoms with E-state index in [4.69, 9.17) is 8.85 Å². The lowest BCUT2D eigenvalue weighted by atomic mass is 9.97. The first-order valence-corrected chi connectivity index (χ1v) is 15.2. The first-order valence-electron chi connectivity index (χ1n) is 14.0. The molecule has 2 bridgehead atoms. The Bertz CT molecular complexity index is 1830. The average Bonchev–Trinajstić information content (AvgIpc) is 3.39. The van der Waals surface area contributed by atoms with E-state index in [-0.39, 0.29) is 40.2 Å². The maximum absolute atomic E-state index is 15.2. The van der Waals surface area contributed by atoms with Crippen LogP contribution in [0.4, 0.5) is 17.6 Å². The molecule has 1 amide bonds. The summed E-state index contributed by atoms with van der Waals surface area (Å²) in [6.07, 6.45) is 0.0349. The summed E-state index contributed by atoms with van der Waals surface area (Å²) in [6.45, 7) is -1.62. The quantitative estimate of drug-likeness (QED) is 0.184. The topological polar surface area (TPSA) is 64.4 Å². The number of carbonyl (C=O) groups is 1. The Kier molecular flexibility index (Phi) is 5.31. The van der Waals surface area contributed by atoms with Gasteiger partial charge in [0.05, 0.1) is 30.3 Å². The van der Waals surface area contributed by atoms with Crippen molar-refractivity contribution in [1.82, 2.24) is 14.5 Å². The molecule has 3 atom stereocenters. The van der Waals surface area contributed by atoms with Crippen molar-refractivity contribution in [2.75, 3.05) is 20.3 Å². The van der Waals surface area contributed by atoms with E-state index in [0.29, 0.717) is 16.6 Å². The third kappa shape index (κ3) is 4.03.